The molecule has 0 bridgehead atoms. The van der Waals surface area contributed by atoms with Gasteiger partial charge in [0, 0.05) is 63.1 Å². The zero-order valence-corrected chi connectivity index (χ0v) is 20.4. The van der Waals surface area contributed by atoms with Crippen LogP contribution >= 0.6 is 0 Å². The van der Waals surface area contributed by atoms with Crippen LogP contribution in [0.2, 0.25) is 0 Å². The van der Waals surface area contributed by atoms with Gasteiger partial charge in [0.1, 0.15) is 5.82 Å². The summed E-state index contributed by atoms with van der Waals surface area (Å²) in [6.45, 7) is 6.62. The fourth-order valence-corrected chi connectivity index (χ4v) is 5.03. The summed E-state index contributed by atoms with van der Waals surface area (Å²) in [5.41, 5.74) is 2.91. The van der Waals surface area contributed by atoms with Crippen LogP contribution < -0.4 is 9.80 Å². The van der Waals surface area contributed by atoms with Crippen LogP contribution in [0.1, 0.15) is 18.4 Å². The minimum absolute atomic E-state index is 0.0579. The number of rotatable bonds is 4. The summed E-state index contributed by atoms with van der Waals surface area (Å²) < 4.78 is 1.81. The molecule has 1 aromatic carbocycles. The van der Waals surface area contributed by atoms with E-state index in [1.54, 1.807) is 12.4 Å². The first-order chi connectivity index (χ1) is 17.7. The van der Waals surface area contributed by atoms with E-state index in [1.165, 1.54) is 5.56 Å². The van der Waals surface area contributed by atoms with E-state index < -0.39 is 0 Å². The molecule has 0 aliphatic carbocycles. The minimum atomic E-state index is 0.0579. The van der Waals surface area contributed by atoms with E-state index in [-0.39, 0.29) is 11.8 Å². The Morgan fingerprint density at radius 3 is 2.28 bits per heavy atom. The maximum atomic E-state index is 13.2. The van der Waals surface area contributed by atoms with Crippen molar-refractivity contribution < 1.29 is 4.79 Å². The first-order valence-corrected chi connectivity index (χ1v) is 12.5. The Balaban J connectivity index is 1.09. The molecule has 0 atom stereocenters. The van der Waals surface area contributed by atoms with Crippen LogP contribution in [0.4, 0.5) is 11.8 Å². The van der Waals surface area contributed by atoms with E-state index in [9.17, 15) is 4.79 Å². The molecule has 10 heteroatoms. The number of carbonyl (C=O) groups excluding carboxylic acids is 1. The summed E-state index contributed by atoms with van der Waals surface area (Å²) in [5.74, 6) is 2.69. The molecule has 2 fully saturated rings. The molecule has 2 aliphatic rings. The lowest BCUT2D eigenvalue weighted by molar-refractivity contribution is -0.136. The van der Waals surface area contributed by atoms with Gasteiger partial charge in [-0.3, -0.25) is 4.79 Å². The molecule has 36 heavy (non-hydrogen) atoms. The Bertz CT molecular complexity index is 1340. The van der Waals surface area contributed by atoms with E-state index in [4.69, 9.17) is 5.10 Å². The predicted molar refractivity (Wildman–Crippen MR) is 137 cm³/mol. The number of aromatic nitrogens is 6. The highest BCUT2D eigenvalue weighted by molar-refractivity contribution is 5.79. The molecule has 2 aliphatic heterocycles. The molecule has 0 N–H and O–H groups in total. The van der Waals surface area contributed by atoms with Crippen molar-refractivity contribution in [2.75, 3.05) is 49.1 Å². The van der Waals surface area contributed by atoms with Gasteiger partial charge < -0.3 is 14.7 Å². The van der Waals surface area contributed by atoms with E-state index in [0.717, 1.165) is 67.8 Å². The largest absolute Gasteiger partial charge is 0.355 e. The summed E-state index contributed by atoms with van der Waals surface area (Å²) in [7, 11) is 0. The van der Waals surface area contributed by atoms with Crippen molar-refractivity contribution in [1.82, 2.24) is 34.7 Å². The second kappa shape index (κ2) is 9.52. The van der Waals surface area contributed by atoms with Gasteiger partial charge in [0.15, 0.2) is 11.5 Å². The van der Waals surface area contributed by atoms with Crippen molar-refractivity contribution >= 4 is 23.3 Å². The van der Waals surface area contributed by atoms with E-state index >= 15 is 0 Å². The molecule has 3 aromatic heterocycles. The van der Waals surface area contributed by atoms with Crippen molar-refractivity contribution in [3.05, 3.63) is 60.4 Å². The lowest BCUT2D eigenvalue weighted by Crippen LogP contribution is -2.52. The molecule has 0 spiro atoms. The Kier molecular flexibility index (Phi) is 5.92. The Hall–Kier alpha value is -4.08. The first-order valence-electron chi connectivity index (χ1n) is 12.5. The summed E-state index contributed by atoms with van der Waals surface area (Å²) in [4.78, 5) is 28.3. The fourth-order valence-electron chi connectivity index (χ4n) is 5.03. The van der Waals surface area contributed by atoms with Crippen LogP contribution in [0.5, 0.6) is 0 Å². The number of amides is 1. The molecule has 1 amide bonds. The highest BCUT2D eigenvalue weighted by Gasteiger charge is 2.31. The standard InChI is InChI=1S/C26H29N9O/c1-19-3-5-20(6-4-19)24-30-29-22-7-8-23(31-35(22)24)32-13-9-21(10-14-32)25(36)33-15-17-34(18-16-33)26-27-11-2-12-28-26/h2-8,11-12,21H,9-10,13-18H2,1H3. The normalized spacial score (nSPS) is 17.1. The van der Waals surface area contributed by atoms with Crippen LogP contribution in [-0.4, -0.2) is 79.9 Å². The molecule has 0 radical (unpaired) electrons. The van der Waals surface area contributed by atoms with Gasteiger partial charge in [0.05, 0.1) is 0 Å². The highest BCUT2D eigenvalue weighted by Crippen LogP contribution is 2.26. The van der Waals surface area contributed by atoms with Gasteiger partial charge in [-0.15, -0.1) is 15.3 Å². The van der Waals surface area contributed by atoms with Gasteiger partial charge >= 0.3 is 0 Å². The van der Waals surface area contributed by atoms with Crippen molar-refractivity contribution in [2.45, 2.75) is 19.8 Å². The average molecular weight is 484 g/mol. The predicted octanol–water partition coefficient (Wildman–Crippen LogP) is 2.45. The fraction of sp³-hybridized carbons (Fsp3) is 0.385. The van der Waals surface area contributed by atoms with Crippen LogP contribution in [0.3, 0.4) is 0 Å². The van der Waals surface area contributed by atoms with E-state index in [2.05, 4.69) is 49.0 Å². The van der Waals surface area contributed by atoms with Gasteiger partial charge in [0.25, 0.3) is 0 Å². The Morgan fingerprint density at radius 1 is 0.833 bits per heavy atom. The number of piperazine rings is 1. The number of carbonyl (C=O) groups is 1. The number of benzene rings is 1. The molecular weight excluding hydrogens is 454 g/mol. The maximum Gasteiger partial charge on any atom is 0.225 e. The second-order valence-corrected chi connectivity index (χ2v) is 9.47. The van der Waals surface area contributed by atoms with Crippen molar-refractivity contribution in [3.63, 3.8) is 0 Å². The number of anilines is 2. The Labute approximate surface area is 209 Å². The molecule has 2 saturated heterocycles. The topological polar surface area (TPSA) is 95.7 Å². The Morgan fingerprint density at radius 2 is 1.56 bits per heavy atom. The summed E-state index contributed by atoms with van der Waals surface area (Å²) in [6.07, 6.45) is 5.17. The van der Waals surface area contributed by atoms with Crippen molar-refractivity contribution in [3.8, 4) is 11.4 Å². The average Bonchev–Trinajstić information content (AvgIpc) is 3.37. The van der Waals surface area contributed by atoms with Crippen LogP contribution in [0.15, 0.2) is 54.9 Å². The number of piperidine rings is 1. The van der Waals surface area contributed by atoms with Crippen LogP contribution in [0.25, 0.3) is 17.0 Å². The minimum Gasteiger partial charge on any atom is -0.355 e. The third-order valence-corrected chi connectivity index (χ3v) is 7.15. The van der Waals surface area contributed by atoms with Gasteiger partial charge in [-0.05, 0) is 38.0 Å². The molecular formula is C26H29N9O. The van der Waals surface area contributed by atoms with Gasteiger partial charge in [0.2, 0.25) is 11.9 Å². The number of hydrogen-bond acceptors (Lipinski definition) is 8. The second-order valence-electron chi connectivity index (χ2n) is 9.47. The lowest BCUT2D eigenvalue weighted by Gasteiger charge is -2.38. The molecule has 5 heterocycles. The third kappa shape index (κ3) is 4.34. The quantitative estimate of drug-likeness (QED) is 0.437. The molecule has 4 aromatic rings. The first kappa shape index (κ1) is 22.4. The molecule has 184 valence electrons. The molecule has 0 saturated carbocycles. The van der Waals surface area contributed by atoms with Crippen molar-refractivity contribution in [1.29, 1.82) is 0 Å². The highest BCUT2D eigenvalue weighted by atomic mass is 16.2. The summed E-state index contributed by atoms with van der Waals surface area (Å²) in [6, 6.07) is 14.0. The van der Waals surface area contributed by atoms with Crippen LogP contribution in [-0.2, 0) is 4.79 Å². The smallest absolute Gasteiger partial charge is 0.225 e. The molecule has 10 nitrogen and oxygen atoms in total. The zero-order chi connectivity index (χ0) is 24.5. The van der Waals surface area contributed by atoms with Gasteiger partial charge in [-0.1, -0.05) is 29.8 Å². The summed E-state index contributed by atoms with van der Waals surface area (Å²) >= 11 is 0. The molecule has 6 rings (SSSR count). The van der Waals surface area contributed by atoms with E-state index in [0.29, 0.717) is 13.1 Å². The van der Waals surface area contributed by atoms with Gasteiger partial charge in [-0.25, -0.2) is 9.97 Å². The monoisotopic (exact) mass is 483 g/mol. The van der Waals surface area contributed by atoms with Gasteiger partial charge in [-0.2, -0.15) is 4.52 Å². The molecule has 0 unspecified atom stereocenters. The maximum absolute atomic E-state index is 13.2. The third-order valence-electron chi connectivity index (χ3n) is 7.15. The van der Waals surface area contributed by atoms with Crippen LogP contribution in [0, 0.1) is 12.8 Å². The number of hydrogen-bond donors (Lipinski definition) is 0. The zero-order valence-electron chi connectivity index (χ0n) is 20.4. The lowest BCUT2D eigenvalue weighted by atomic mass is 9.95. The number of fused-ring (bicyclic) bond motifs is 1. The summed E-state index contributed by atoms with van der Waals surface area (Å²) in [5, 5.41) is 13.5. The SMILES string of the molecule is Cc1ccc(-c2nnc3ccc(N4CCC(C(=O)N5CCN(c6ncccn6)CC5)CC4)nn23)cc1. The number of nitrogens with zero attached hydrogens (tertiary/aromatic N) is 9. The number of aryl methyl sites for hydroxylation is 1. The van der Waals surface area contributed by atoms with Crippen molar-refractivity contribution in [2.24, 2.45) is 5.92 Å². The van der Waals surface area contributed by atoms with E-state index in [1.807, 2.05) is 39.7 Å².